The summed E-state index contributed by atoms with van der Waals surface area (Å²) in [6.45, 7) is 7.15. The summed E-state index contributed by atoms with van der Waals surface area (Å²) in [6, 6.07) is 8.36. The second-order valence-corrected chi connectivity index (χ2v) is 6.49. The highest BCUT2D eigenvalue weighted by atomic mass is 127. The maximum atomic E-state index is 12.6. The molecule has 1 aromatic heterocycles. The predicted octanol–water partition coefficient (Wildman–Crippen LogP) is 2.16. The topological polar surface area (TPSA) is 65.8 Å². The van der Waals surface area contributed by atoms with Gasteiger partial charge in [0.1, 0.15) is 6.54 Å². The van der Waals surface area contributed by atoms with E-state index in [1.54, 1.807) is 15.8 Å². The number of anilines is 1. The third-order valence-corrected chi connectivity index (χ3v) is 4.39. The molecule has 1 aliphatic heterocycles. The molecule has 0 saturated carbocycles. The number of carbonyl (C=O) groups excluding carboxylic acids is 1. The number of hydrogen-bond acceptors (Lipinski definition) is 3. The van der Waals surface area contributed by atoms with Crippen molar-refractivity contribution in [1.29, 1.82) is 0 Å². The zero-order valence-electron chi connectivity index (χ0n) is 16.1. The normalized spacial score (nSPS) is 14.9. The van der Waals surface area contributed by atoms with Crippen LogP contribution in [0.25, 0.3) is 0 Å². The molecule has 1 saturated heterocycles. The molecule has 1 amide bonds. The number of nitrogens with zero attached hydrogens (tertiary/aromatic N) is 5. The Morgan fingerprint density at radius 3 is 2.59 bits per heavy atom. The molecule has 0 spiro atoms. The average Bonchev–Trinajstić information content (AvgIpc) is 3.06. The van der Waals surface area contributed by atoms with Gasteiger partial charge in [-0.05, 0) is 19.4 Å². The minimum atomic E-state index is 0. The van der Waals surface area contributed by atoms with Crippen molar-refractivity contribution < 1.29 is 4.79 Å². The van der Waals surface area contributed by atoms with Crippen molar-refractivity contribution >= 4 is 41.5 Å². The number of guanidine groups is 1. The number of aryl methyl sites for hydroxylation is 2. The van der Waals surface area contributed by atoms with E-state index >= 15 is 0 Å². The van der Waals surface area contributed by atoms with E-state index in [0.29, 0.717) is 19.6 Å². The highest BCUT2D eigenvalue weighted by Crippen LogP contribution is 2.16. The number of aromatic nitrogens is 2. The largest absolute Gasteiger partial charge is 0.356 e. The average molecular weight is 482 g/mol. The van der Waals surface area contributed by atoms with E-state index in [1.807, 2.05) is 25.1 Å². The van der Waals surface area contributed by atoms with E-state index in [2.05, 4.69) is 41.6 Å². The van der Waals surface area contributed by atoms with Gasteiger partial charge >= 0.3 is 0 Å². The lowest BCUT2D eigenvalue weighted by atomic mass is 10.1. The second-order valence-electron chi connectivity index (χ2n) is 6.49. The quantitative estimate of drug-likeness (QED) is 0.412. The monoisotopic (exact) mass is 482 g/mol. The molecule has 0 aliphatic carbocycles. The highest BCUT2D eigenvalue weighted by Gasteiger charge is 2.27. The van der Waals surface area contributed by atoms with Gasteiger partial charge < -0.3 is 15.1 Å². The van der Waals surface area contributed by atoms with Crippen molar-refractivity contribution in [2.24, 2.45) is 12.0 Å². The molecule has 1 aromatic carbocycles. The molecule has 146 valence electrons. The maximum absolute atomic E-state index is 12.6. The van der Waals surface area contributed by atoms with E-state index in [1.165, 1.54) is 5.56 Å². The molecule has 8 heteroatoms. The van der Waals surface area contributed by atoms with Gasteiger partial charge in [0.25, 0.3) is 0 Å². The Kier molecular flexibility index (Phi) is 7.64. The van der Waals surface area contributed by atoms with Gasteiger partial charge in [-0.25, -0.2) is 4.99 Å². The summed E-state index contributed by atoms with van der Waals surface area (Å²) in [5.41, 5.74) is 3.24. The van der Waals surface area contributed by atoms with E-state index in [9.17, 15) is 4.79 Å². The zero-order valence-corrected chi connectivity index (χ0v) is 18.4. The van der Waals surface area contributed by atoms with Gasteiger partial charge in [0.05, 0.1) is 18.4 Å². The van der Waals surface area contributed by atoms with E-state index in [0.717, 1.165) is 30.3 Å². The van der Waals surface area contributed by atoms with Crippen LogP contribution >= 0.6 is 24.0 Å². The SMILES string of the molecule is CCNC(=NCc1ccc(C)cc1)N1CCN(c2cnn(C)c2)C(=O)C1.I. The smallest absolute Gasteiger partial charge is 0.246 e. The second kappa shape index (κ2) is 9.72. The van der Waals surface area contributed by atoms with Crippen LogP contribution in [0.3, 0.4) is 0 Å². The molecule has 0 unspecified atom stereocenters. The number of benzene rings is 1. The Morgan fingerprint density at radius 2 is 2.00 bits per heavy atom. The molecule has 7 nitrogen and oxygen atoms in total. The van der Waals surface area contributed by atoms with E-state index in [-0.39, 0.29) is 29.9 Å². The molecule has 2 heterocycles. The van der Waals surface area contributed by atoms with Crippen LogP contribution in [0, 0.1) is 6.92 Å². The molecule has 0 bridgehead atoms. The summed E-state index contributed by atoms with van der Waals surface area (Å²) < 4.78 is 1.71. The van der Waals surface area contributed by atoms with Crippen molar-refractivity contribution in [3.05, 3.63) is 47.8 Å². The summed E-state index contributed by atoms with van der Waals surface area (Å²) in [7, 11) is 1.85. The third-order valence-electron chi connectivity index (χ3n) is 4.39. The first-order valence-corrected chi connectivity index (χ1v) is 8.94. The third kappa shape index (κ3) is 5.44. The fourth-order valence-electron chi connectivity index (χ4n) is 2.96. The Balaban J connectivity index is 0.00000261. The van der Waals surface area contributed by atoms with Crippen molar-refractivity contribution in [2.45, 2.75) is 20.4 Å². The van der Waals surface area contributed by atoms with Crippen molar-refractivity contribution in [1.82, 2.24) is 20.0 Å². The van der Waals surface area contributed by atoms with Crippen LogP contribution in [0.4, 0.5) is 5.69 Å². The van der Waals surface area contributed by atoms with Gasteiger partial charge in [-0.3, -0.25) is 9.48 Å². The molecule has 0 radical (unpaired) electrons. The van der Waals surface area contributed by atoms with Gasteiger partial charge in [0.2, 0.25) is 5.91 Å². The maximum Gasteiger partial charge on any atom is 0.246 e. The Morgan fingerprint density at radius 1 is 1.26 bits per heavy atom. The number of piperazine rings is 1. The summed E-state index contributed by atoms with van der Waals surface area (Å²) in [4.78, 5) is 21.1. The molecule has 0 atom stereocenters. The first-order chi connectivity index (χ1) is 12.6. The van der Waals surface area contributed by atoms with Gasteiger partial charge in [0, 0.05) is 32.9 Å². The van der Waals surface area contributed by atoms with E-state index in [4.69, 9.17) is 4.99 Å². The molecule has 2 aromatic rings. The number of hydrogen-bond donors (Lipinski definition) is 1. The summed E-state index contributed by atoms with van der Waals surface area (Å²) in [6.07, 6.45) is 3.59. The van der Waals surface area contributed by atoms with Crippen LogP contribution in [-0.4, -0.2) is 52.7 Å². The number of rotatable bonds is 4. The van der Waals surface area contributed by atoms with Crippen molar-refractivity contribution in [3.8, 4) is 0 Å². The van der Waals surface area contributed by atoms with Gasteiger partial charge in [-0.2, -0.15) is 5.10 Å². The lowest BCUT2D eigenvalue weighted by Crippen LogP contribution is -2.55. The summed E-state index contributed by atoms with van der Waals surface area (Å²) >= 11 is 0. The van der Waals surface area contributed by atoms with Gasteiger partial charge in [-0.1, -0.05) is 29.8 Å². The number of aliphatic imine (C=N–C) groups is 1. The predicted molar refractivity (Wildman–Crippen MR) is 119 cm³/mol. The minimum absolute atomic E-state index is 0. The molecular formula is C19H27IN6O. The Labute approximate surface area is 177 Å². The lowest BCUT2D eigenvalue weighted by Gasteiger charge is -2.35. The Bertz CT molecular complexity index is 786. The molecular weight excluding hydrogens is 455 g/mol. The van der Waals surface area contributed by atoms with Crippen LogP contribution in [0.2, 0.25) is 0 Å². The molecule has 1 N–H and O–H groups in total. The standard InChI is InChI=1S/C19H26N6O.HI/c1-4-20-19(21-11-16-7-5-15(2)6-8-16)24-9-10-25(18(26)14-24)17-12-22-23(3)13-17;/h5-8,12-13H,4,9-11,14H2,1-3H3,(H,20,21);1H. The van der Waals surface area contributed by atoms with Crippen LogP contribution in [0.1, 0.15) is 18.1 Å². The van der Waals surface area contributed by atoms with Crippen LogP contribution in [0.5, 0.6) is 0 Å². The first-order valence-electron chi connectivity index (χ1n) is 8.94. The van der Waals surface area contributed by atoms with Crippen LogP contribution < -0.4 is 10.2 Å². The van der Waals surface area contributed by atoms with Crippen molar-refractivity contribution in [3.63, 3.8) is 0 Å². The summed E-state index contributed by atoms with van der Waals surface area (Å²) in [5.74, 6) is 0.845. The first kappa shape index (κ1) is 21.2. The molecule has 1 aliphatic rings. The fraction of sp³-hybridized carbons (Fsp3) is 0.421. The minimum Gasteiger partial charge on any atom is -0.356 e. The number of nitrogens with one attached hydrogen (secondary N) is 1. The lowest BCUT2D eigenvalue weighted by molar-refractivity contribution is -0.120. The van der Waals surface area contributed by atoms with Gasteiger partial charge in [0.15, 0.2) is 5.96 Å². The molecule has 27 heavy (non-hydrogen) atoms. The van der Waals surface area contributed by atoms with Crippen LogP contribution in [-0.2, 0) is 18.4 Å². The number of amides is 1. The van der Waals surface area contributed by atoms with Crippen LogP contribution in [0.15, 0.2) is 41.7 Å². The number of halogens is 1. The number of carbonyl (C=O) groups is 1. The highest BCUT2D eigenvalue weighted by molar-refractivity contribution is 14.0. The zero-order chi connectivity index (χ0) is 18.5. The molecule has 1 fully saturated rings. The molecule has 3 rings (SSSR count). The summed E-state index contributed by atoms with van der Waals surface area (Å²) in [5, 5.41) is 7.45. The van der Waals surface area contributed by atoms with Gasteiger partial charge in [-0.15, -0.1) is 24.0 Å². The fourth-order valence-corrected chi connectivity index (χ4v) is 2.96. The Hall–Kier alpha value is -2.10. The van der Waals surface area contributed by atoms with Crippen molar-refractivity contribution in [2.75, 3.05) is 31.1 Å². The van der Waals surface area contributed by atoms with E-state index < -0.39 is 0 Å².